The summed E-state index contributed by atoms with van der Waals surface area (Å²) in [6.07, 6.45) is 2.80. The average molecular weight is 311 g/mol. The van der Waals surface area contributed by atoms with E-state index in [-0.39, 0.29) is 11.5 Å². The van der Waals surface area contributed by atoms with Gasteiger partial charge < -0.3 is 5.32 Å². The Bertz CT molecular complexity index is 824. The Labute approximate surface area is 135 Å². The molecule has 1 atom stereocenters. The van der Waals surface area contributed by atoms with Gasteiger partial charge in [0.25, 0.3) is 5.56 Å². The molecule has 0 bridgehead atoms. The lowest BCUT2D eigenvalue weighted by Crippen LogP contribution is -2.34. The van der Waals surface area contributed by atoms with Crippen LogP contribution < -0.4 is 10.9 Å². The first-order valence-corrected chi connectivity index (χ1v) is 7.95. The number of carbonyl (C=O) groups excluding carboxylic acids is 1. The zero-order valence-electron chi connectivity index (χ0n) is 13.7. The topological polar surface area (TPSA) is 64.0 Å². The van der Waals surface area contributed by atoms with Crippen molar-refractivity contribution in [1.29, 1.82) is 0 Å². The lowest BCUT2D eigenvalue weighted by molar-refractivity contribution is -0.119. The van der Waals surface area contributed by atoms with Crippen LogP contribution in [-0.4, -0.2) is 15.7 Å². The third kappa shape index (κ3) is 3.04. The Morgan fingerprint density at radius 1 is 1.26 bits per heavy atom. The number of nitrogens with one attached hydrogen (secondary N) is 1. The zero-order chi connectivity index (χ0) is 16.6. The minimum atomic E-state index is -0.645. The van der Waals surface area contributed by atoms with E-state index in [1.165, 1.54) is 4.68 Å². The van der Waals surface area contributed by atoms with E-state index in [4.69, 9.17) is 0 Å². The minimum Gasteiger partial charge on any atom is -0.324 e. The number of nitrogens with zero attached hydrogens (tertiary/aromatic N) is 2. The smallest absolute Gasteiger partial charge is 0.267 e. The highest BCUT2D eigenvalue weighted by Gasteiger charge is 2.21. The van der Waals surface area contributed by atoms with E-state index in [2.05, 4.69) is 10.4 Å². The van der Waals surface area contributed by atoms with Crippen LogP contribution in [-0.2, 0) is 17.6 Å². The molecule has 0 aliphatic heterocycles. The van der Waals surface area contributed by atoms with E-state index < -0.39 is 6.04 Å². The van der Waals surface area contributed by atoms with Gasteiger partial charge in [-0.2, -0.15) is 5.10 Å². The molecular formula is C18H21N3O2. The van der Waals surface area contributed by atoms with Crippen LogP contribution in [0.3, 0.4) is 0 Å². The molecule has 5 nitrogen and oxygen atoms in total. The zero-order valence-corrected chi connectivity index (χ0v) is 13.7. The van der Waals surface area contributed by atoms with E-state index in [9.17, 15) is 9.59 Å². The van der Waals surface area contributed by atoms with Crippen LogP contribution in [0.4, 0.5) is 5.69 Å². The lowest BCUT2D eigenvalue weighted by atomic mass is 10.1. The average Bonchev–Trinajstić information content (AvgIpc) is 2.96. The fraction of sp³-hybridized carbons (Fsp3) is 0.389. The summed E-state index contributed by atoms with van der Waals surface area (Å²) >= 11 is 0. The lowest BCUT2D eigenvalue weighted by Gasteiger charge is -2.16. The molecule has 0 saturated heterocycles. The molecule has 1 amide bonds. The predicted octanol–water partition coefficient (Wildman–Crippen LogP) is 2.55. The number of anilines is 1. The van der Waals surface area contributed by atoms with Gasteiger partial charge in [0.05, 0.1) is 5.69 Å². The summed E-state index contributed by atoms with van der Waals surface area (Å²) in [7, 11) is 0. The van der Waals surface area contributed by atoms with Crippen molar-refractivity contribution in [2.24, 2.45) is 0 Å². The van der Waals surface area contributed by atoms with Crippen molar-refractivity contribution < 1.29 is 4.79 Å². The molecule has 1 N–H and O–H groups in total. The number of carbonyl (C=O) groups is 1. The Morgan fingerprint density at radius 2 is 2.04 bits per heavy atom. The van der Waals surface area contributed by atoms with Crippen molar-refractivity contribution in [2.45, 2.75) is 46.1 Å². The van der Waals surface area contributed by atoms with Crippen molar-refractivity contribution in [3.63, 3.8) is 0 Å². The molecule has 2 aromatic rings. The molecule has 23 heavy (non-hydrogen) atoms. The number of hydrogen-bond donors (Lipinski definition) is 1. The Hall–Kier alpha value is -2.43. The molecule has 0 saturated carbocycles. The third-order valence-corrected chi connectivity index (χ3v) is 4.38. The fourth-order valence-electron chi connectivity index (χ4n) is 2.91. The summed E-state index contributed by atoms with van der Waals surface area (Å²) in [5, 5.41) is 7.30. The fourth-order valence-corrected chi connectivity index (χ4v) is 2.91. The molecule has 1 unspecified atom stereocenters. The minimum absolute atomic E-state index is 0.214. The summed E-state index contributed by atoms with van der Waals surface area (Å²) in [5.74, 6) is -0.230. The van der Waals surface area contributed by atoms with Gasteiger partial charge in [-0.15, -0.1) is 0 Å². The number of aryl methyl sites for hydroxylation is 4. The number of hydrogen-bond acceptors (Lipinski definition) is 3. The van der Waals surface area contributed by atoms with Crippen LogP contribution in [0.2, 0.25) is 0 Å². The predicted molar refractivity (Wildman–Crippen MR) is 89.8 cm³/mol. The van der Waals surface area contributed by atoms with Crippen LogP contribution in [0.5, 0.6) is 0 Å². The molecule has 120 valence electrons. The number of benzene rings is 1. The summed E-state index contributed by atoms with van der Waals surface area (Å²) in [5.41, 5.74) is 4.59. The number of aromatic nitrogens is 2. The van der Waals surface area contributed by atoms with E-state index in [0.717, 1.165) is 47.3 Å². The molecule has 0 radical (unpaired) electrons. The first kappa shape index (κ1) is 15.5. The van der Waals surface area contributed by atoms with E-state index in [1.54, 1.807) is 13.0 Å². The first-order chi connectivity index (χ1) is 11.0. The largest absolute Gasteiger partial charge is 0.324 e. The van der Waals surface area contributed by atoms with Crippen LogP contribution in [0.25, 0.3) is 0 Å². The summed E-state index contributed by atoms with van der Waals surface area (Å²) in [6, 6.07) is 6.88. The van der Waals surface area contributed by atoms with Crippen LogP contribution in [0, 0.1) is 13.8 Å². The standard InChI is InChI=1S/C18H21N3O2/c1-11-7-8-12(2)16(9-11)19-18(23)13(3)21-17(22)10-14-5-4-6-15(14)20-21/h7-10,13H,4-6H2,1-3H3,(H,19,23). The van der Waals surface area contributed by atoms with Gasteiger partial charge in [-0.1, -0.05) is 12.1 Å². The molecule has 1 aromatic carbocycles. The summed E-state index contributed by atoms with van der Waals surface area (Å²) in [6.45, 7) is 5.63. The van der Waals surface area contributed by atoms with Crippen LogP contribution in [0.1, 0.15) is 41.8 Å². The van der Waals surface area contributed by atoms with Crippen molar-refractivity contribution in [3.8, 4) is 0 Å². The number of amides is 1. The third-order valence-electron chi connectivity index (χ3n) is 4.38. The van der Waals surface area contributed by atoms with Gasteiger partial charge in [0.1, 0.15) is 6.04 Å². The molecule has 5 heteroatoms. The Morgan fingerprint density at radius 3 is 2.83 bits per heavy atom. The number of rotatable bonds is 3. The summed E-state index contributed by atoms with van der Waals surface area (Å²) in [4.78, 5) is 24.7. The molecule has 1 heterocycles. The molecule has 1 aliphatic rings. The van der Waals surface area contributed by atoms with E-state index >= 15 is 0 Å². The second kappa shape index (κ2) is 5.99. The molecule has 1 aliphatic carbocycles. The van der Waals surface area contributed by atoms with Gasteiger partial charge in [-0.25, -0.2) is 4.68 Å². The first-order valence-electron chi connectivity index (χ1n) is 7.95. The second-order valence-electron chi connectivity index (χ2n) is 6.24. The Balaban J connectivity index is 1.85. The molecule has 1 aromatic heterocycles. The Kier molecular flexibility index (Phi) is 4.03. The highest BCUT2D eigenvalue weighted by Crippen LogP contribution is 2.20. The van der Waals surface area contributed by atoms with Crippen LogP contribution >= 0.6 is 0 Å². The maximum atomic E-state index is 12.5. The highest BCUT2D eigenvalue weighted by molar-refractivity contribution is 5.94. The summed E-state index contributed by atoms with van der Waals surface area (Å²) < 4.78 is 1.30. The quantitative estimate of drug-likeness (QED) is 0.947. The highest BCUT2D eigenvalue weighted by atomic mass is 16.2. The van der Waals surface area contributed by atoms with Gasteiger partial charge in [0, 0.05) is 11.8 Å². The normalized spacial score (nSPS) is 14.4. The second-order valence-corrected chi connectivity index (χ2v) is 6.24. The van der Waals surface area contributed by atoms with Gasteiger partial charge in [-0.3, -0.25) is 9.59 Å². The maximum Gasteiger partial charge on any atom is 0.267 e. The van der Waals surface area contributed by atoms with Gasteiger partial charge in [-0.05, 0) is 62.8 Å². The van der Waals surface area contributed by atoms with Crippen molar-refractivity contribution in [1.82, 2.24) is 9.78 Å². The van der Waals surface area contributed by atoms with Crippen molar-refractivity contribution in [3.05, 3.63) is 57.0 Å². The molecule has 0 fully saturated rings. The van der Waals surface area contributed by atoms with Gasteiger partial charge >= 0.3 is 0 Å². The maximum absolute atomic E-state index is 12.5. The van der Waals surface area contributed by atoms with Crippen molar-refractivity contribution in [2.75, 3.05) is 5.32 Å². The molecule has 0 spiro atoms. The van der Waals surface area contributed by atoms with Crippen molar-refractivity contribution >= 4 is 11.6 Å². The monoisotopic (exact) mass is 311 g/mol. The van der Waals surface area contributed by atoms with E-state index in [1.807, 2.05) is 32.0 Å². The van der Waals surface area contributed by atoms with Gasteiger partial charge in [0.15, 0.2) is 0 Å². The van der Waals surface area contributed by atoms with E-state index in [0.29, 0.717) is 0 Å². The molecular weight excluding hydrogens is 290 g/mol. The van der Waals surface area contributed by atoms with Crippen LogP contribution in [0.15, 0.2) is 29.1 Å². The van der Waals surface area contributed by atoms with Gasteiger partial charge in [0.2, 0.25) is 5.91 Å². The molecule has 3 rings (SSSR count). The number of fused-ring (bicyclic) bond motifs is 1. The SMILES string of the molecule is Cc1ccc(C)c(NC(=O)C(C)n2nc3c(cc2=O)CCC3)c1.